The lowest BCUT2D eigenvalue weighted by molar-refractivity contribution is 0.265. The summed E-state index contributed by atoms with van der Waals surface area (Å²) in [6.45, 7) is 2.61. The molecular formula is C24H28ClN5O. The highest BCUT2D eigenvalue weighted by Crippen LogP contribution is 2.35. The number of fused-ring (bicyclic) bond motifs is 1. The standard InChI is InChI=1S/C24H28ClN5O/c25-19-5-3-4-18(16-19)23-27-21-7-2-1-6-20(21)24(28-23)29-12-9-17(10-13-29)22-8-11-26-30(22)14-15-31/h3-5,8,11,16-17,31H,1-2,6-7,9-10,12-15H2. The summed E-state index contributed by atoms with van der Waals surface area (Å²) < 4.78 is 1.95. The van der Waals surface area contributed by atoms with Crippen LogP contribution < -0.4 is 4.90 Å². The summed E-state index contributed by atoms with van der Waals surface area (Å²) in [6.07, 6.45) is 8.44. The van der Waals surface area contributed by atoms with E-state index in [4.69, 9.17) is 21.6 Å². The molecule has 0 amide bonds. The molecule has 1 aliphatic carbocycles. The van der Waals surface area contributed by atoms with Crippen molar-refractivity contribution in [3.05, 3.63) is 58.5 Å². The molecule has 0 atom stereocenters. The second-order valence-corrected chi connectivity index (χ2v) is 8.91. The van der Waals surface area contributed by atoms with Gasteiger partial charge in [-0.15, -0.1) is 0 Å². The highest BCUT2D eigenvalue weighted by Gasteiger charge is 2.28. The Labute approximate surface area is 187 Å². The van der Waals surface area contributed by atoms with Crippen LogP contribution in [0.3, 0.4) is 0 Å². The number of aliphatic hydroxyl groups is 1. The number of nitrogens with zero attached hydrogens (tertiary/aromatic N) is 5. The first-order valence-electron chi connectivity index (χ1n) is 11.3. The Kier molecular flexibility index (Phi) is 5.92. The zero-order valence-corrected chi connectivity index (χ0v) is 18.4. The zero-order valence-electron chi connectivity index (χ0n) is 17.7. The molecule has 0 saturated carbocycles. The summed E-state index contributed by atoms with van der Waals surface area (Å²) in [5.41, 5.74) is 4.75. The van der Waals surface area contributed by atoms with Crippen molar-refractivity contribution in [2.75, 3.05) is 24.6 Å². The molecule has 3 aromatic rings. The number of anilines is 1. The summed E-state index contributed by atoms with van der Waals surface area (Å²) in [5, 5.41) is 14.4. The monoisotopic (exact) mass is 437 g/mol. The smallest absolute Gasteiger partial charge is 0.161 e. The van der Waals surface area contributed by atoms with Crippen LogP contribution in [0.4, 0.5) is 5.82 Å². The average molecular weight is 438 g/mol. The van der Waals surface area contributed by atoms with Crippen molar-refractivity contribution < 1.29 is 5.11 Å². The maximum absolute atomic E-state index is 9.31. The van der Waals surface area contributed by atoms with E-state index in [9.17, 15) is 5.11 Å². The minimum atomic E-state index is 0.118. The minimum Gasteiger partial charge on any atom is -0.394 e. The van der Waals surface area contributed by atoms with E-state index in [1.807, 2.05) is 35.1 Å². The van der Waals surface area contributed by atoms with Gasteiger partial charge in [-0.05, 0) is 56.7 Å². The molecule has 1 fully saturated rings. The van der Waals surface area contributed by atoms with Gasteiger partial charge in [-0.1, -0.05) is 23.7 Å². The van der Waals surface area contributed by atoms with Gasteiger partial charge in [0.05, 0.1) is 13.2 Å². The highest BCUT2D eigenvalue weighted by molar-refractivity contribution is 6.30. The molecule has 31 heavy (non-hydrogen) atoms. The number of aromatic nitrogens is 4. The van der Waals surface area contributed by atoms with Crippen LogP contribution in [0, 0.1) is 0 Å². The Hall–Kier alpha value is -2.44. The molecule has 2 aliphatic rings. The van der Waals surface area contributed by atoms with Crippen molar-refractivity contribution >= 4 is 17.4 Å². The first-order valence-corrected chi connectivity index (χ1v) is 11.6. The summed E-state index contributed by atoms with van der Waals surface area (Å²) in [4.78, 5) is 12.4. The molecule has 1 N–H and O–H groups in total. The van der Waals surface area contributed by atoms with E-state index < -0.39 is 0 Å². The SMILES string of the molecule is OCCn1nccc1C1CCN(c2nc(-c3cccc(Cl)c3)nc3c2CCCC3)CC1. The zero-order chi connectivity index (χ0) is 21.2. The summed E-state index contributed by atoms with van der Waals surface area (Å²) >= 11 is 6.24. The van der Waals surface area contributed by atoms with Gasteiger partial charge >= 0.3 is 0 Å². The van der Waals surface area contributed by atoms with Gasteiger partial charge < -0.3 is 10.0 Å². The second-order valence-electron chi connectivity index (χ2n) is 8.48. The maximum atomic E-state index is 9.31. The number of hydrogen-bond acceptors (Lipinski definition) is 5. The normalized spacial score (nSPS) is 17.0. The van der Waals surface area contributed by atoms with Crippen LogP contribution in [0.5, 0.6) is 0 Å². The van der Waals surface area contributed by atoms with E-state index in [0.29, 0.717) is 17.5 Å². The third-order valence-electron chi connectivity index (χ3n) is 6.52. The van der Waals surface area contributed by atoms with Gasteiger partial charge in [0.15, 0.2) is 5.82 Å². The minimum absolute atomic E-state index is 0.118. The fourth-order valence-electron chi connectivity index (χ4n) is 4.95. The van der Waals surface area contributed by atoms with E-state index in [2.05, 4.69) is 16.1 Å². The van der Waals surface area contributed by atoms with Crippen LogP contribution in [-0.2, 0) is 19.4 Å². The summed E-state index contributed by atoms with van der Waals surface area (Å²) in [6, 6.07) is 9.93. The van der Waals surface area contributed by atoms with Crippen molar-refractivity contribution in [2.45, 2.75) is 51.0 Å². The highest BCUT2D eigenvalue weighted by atomic mass is 35.5. The Bertz CT molecular complexity index is 1060. The van der Waals surface area contributed by atoms with Crippen molar-refractivity contribution in [3.8, 4) is 11.4 Å². The van der Waals surface area contributed by atoms with E-state index in [0.717, 1.165) is 56.0 Å². The fraction of sp³-hybridized carbons (Fsp3) is 0.458. The quantitative estimate of drug-likeness (QED) is 0.646. The van der Waals surface area contributed by atoms with Crippen molar-refractivity contribution in [2.24, 2.45) is 0 Å². The van der Waals surface area contributed by atoms with Gasteiger partial charge in [-0.3, -0.25) is 4.68 Å². The fourth-order valence-corrected chi connectivity index (χ4v) is 5.14. The van der Waals surface area contributed by atoms with Crippen LogP contribution >= 0.6 is 11.6 Å². The Balaban J connectivity index is 1.42. The third-order valence-corrected chi connectivity index (χ3v) is 6.75. The Morgan fingerprint density at radius 3 is 2.71 bits per heavy atom. The molecule has 0 bridgehead atoms. The number of aryl methyl sites for hydroxylation is 1. The maximum Gasteiger partial charge on any atom is 0.161 e. The van der Waals surface area contributed by atoms with Gasteiger partial charge in [-0.2, -0.15) is 5.10 Å². The van der Waals surface area contributed by atoms with E-state index in [1.54, 1.807) is 0 Å². The number of piperidine rings is 1. The predicted molar refractivity (Wildman–Crippen MR) is 123 cm³/mol. The molecule has 0 radical (unpaired) electrons. The van der Waals surface area contributed by atoms with Gasteiger partial charge in [0, 0.05) is 52.7 Å². The molecule has 162 valence electrons. The molecule has 6 nitrogen and oxygen atoms in total. The van der Waals surface area contributed by atoms with E-state index >= 15 is 0 Å². The van der Waals surface area contributed by atoms with E-state index in [1.165, 1.54) is 29.8 Å². The first kappa shape index (κ1) is 20.5. The van der Waals surface area contributed by atoms with Gasteiger partial charge in [-0.25, -0.2) is 9.97 Å². The number of halogens is 1. The number of benzene rings is 1. The Morgan fingerprint density at radius 2 is 1.90 bits per heavy atom. The largest absolute Gasteiger partial charge is 0.394 e. The number of hydrogen-bond donors (Lipinski definition) is 1. The first-order chi connectivity index (χ1) is 15.2. The van der Waals surface area contributed by atoms with Crippen LogP contribution in [-0.4, -0.2) is 44.6 Å². The number of aliphatic hydroxyl groups excluding tert-OH is 1. The predicted octanol–water partition coefficient (Wildman–Crippen LogP) is 4.25. The van der Waals surface area contributed by atoms with Crippen LogP contribution in [0.2, 0.25) is 5.02 Å². The van der Waals surface area contributed by atoms with Gasteiger partial charge in [0.25, 0.3) is 0 Å². The Morgan fingerprint density at radius 1 is 1.06 bits per heavy atom. The lowest BCUT2D eigenvalue weighted by Crippen LogP contribution is -2.35. The molecular weight excluding hydrogens is 410 g/mol. The molecule has 0 unspecified atom stereocenters. The molecule has 0 spiro atoms. The summed E-state index contributed by atoms with van der Waals surface area (Å²) in [5.74, 6) is 2.36. The molecule has 5 rings (SSSR count). The van der Waals surface area contributed by atoms with Crippen LogP contribution in [0.25, 0.3) is 11.4 Å². The molecule has 7 heteroatoms. The average Bonchev–Trinajstić information content (AvgIpc) is 3.27. The molecule has 1 saturated heterocycles. The van der Waals surface area contributed by atoms with E-state index in [-0.39, 0.29) is 6.61 Å². The van der Waals surface area contributed by atoms with Crippen molar-refractivity contribution in [1.29, 1.82) is 0 Å². The van der Waals surface area contributed by atoms with Gasteiger partial charge in [0.1, 0.15) is 5.82 Å². The molecule has 2 aromatic heterocycles. The topological polar surface area (TPSA) is 67.1 Å². The molecule has 1 aromatic carbocycles. The number of rotatable bonds is 5. The summed E-state index contributed by atoms with van der Waals surface area (Å²) in [7, 11) is 0. The lowest BCUT2D eigenvalue weighted by Gasteiger charge is -2.35. The van der Waals surface area contributed by atoms with Crippen LogP contribution in [0.15, 0.2) is 36.5 Å². The van der Waals surface area contributed by atoms with Gasteiger partial charge in [0.2, 0.25) is 0 Å². The van der Waals surface area contributed by atoms with Crippen molar-refractivity contribution in [3.63, 3.8) is 0 Å². The van der Waals surface area contributed by atoms with Crippen LogP contribution in [0.1, 0.15) is 48.6 Å². The third kappa shape index (κ3) is 4.19. The molecule has 1 aliphatic heterocycles. The second kappa shape index (κ2) is 8.97. The van der Waals surface area contributed by atoms with Crippen molar-refractivity contribution in [1.82, 2.24) is 19.7 Å². The molecule has 3 heterocycles. The lowest BCUT2D eigenvalue weighted by atomic mass is 9.91.